The summed E-state index contributed by atoms with van der Waals surface area (Å²) >= 11 is 0. The maximum absolute atomic E-state index is 5.35. The highest BCUT2D eigenvalue weighted by Crippen LogP contribution is 2.14. The van der Waals surface area contributed by atoms with Gasteiger partial charge in [0.25, 0.3) is 0 Å². The Morgan fingerprint density at radius 1 is 1.53 bits per heavy atom. The Balaban J connectivity index is 1.83. The molecule has 1 aromatic rings. The molecule has 0 saturated carbocycles. The molecule has 17 heavy (non-hydrogen) atoms. The lowest BCUT2D eigenvalue weighted by atomic mass is 10.1. The second-order valence-corrected chi connectivity index (χ2v) is 5.77. The number of nitrogens with zero attached hydrogens (tertiary/aromatic N) is 3. The zero-order chi connectivity index (χ0) is 12.3. The number of nitrogens with one attached hydrogen (secondary N) is 1. The summed E-state index contributed by atoms with van der Waals surface area (Å²) in [5.74, 6) is 0.597. The molecule has 96 valence electrons. The van der Waals surface area contributed by atoms with Crippen molar-refractivity contribution in [2.45, 2.75) is 45.8 Å². The zero-order valence-corrected chi connectivity index (χ0v) is 10.9. The van der Waals surface area contributed by atoms with Crippen molar-refractivity contribution >= 4 is 0 Å². The van der Waals surface area contributed by atoms with Crippen molar-refractivity contribution in [1.29, 1.82) is 0 Å². The van der Waals surface area contributed by atoms with Crippen LogP contribution in [0.4, 0.5) is 0 Å². The van der Waals surface area contributed by atoms with Crippen LogP contribution in [-0.4, -0.2) is 33.7 Å². The Kier molecular flexibility index (Phi) is 3.79. The van der Waals surface area contributed by atoms with Crippen LogP contribution in [0.2, 0.25) is 0 Å². The van der Waals surface area contributed by atoms with Gasteiger partial charge >= 0.3 is 0 Å². The van der Waals surface area contributed by atoms with Crippen molar-refractivity contribution in [2.75, 3.05) is 13.2 Å². The lowest BCUT2D eigenvalue weighted by Gasteiger charge is -2.19. The Morgan fingerprint density at radius 2 is 2.35 bits per heavy atom. The van der Waals surface area contributed by atoms with Gasteiger partial charge in [-0.25, -0.2) is 0 Å². The molecule has 1 aliphatic rings. The molecule has 0 radical (unpaired) electrons. The minimum Gasteiger partial charge on any atom is -0.381 e. The molecule has 5 heteroatoms. The van der Waals surface area contributed by atoms with Crippen LogP contribution in [0, 0.1) is 5.92 Å². The Morgan fingerprint density at radius 3 is 3.00 bits per heavy atom. The van der Waals surface area contributed by atoms with Crippen molar-refractivity contribution in [1.82, 2.24) is 20.3 Å². The van der Waals surface area contributed by atoms with Gasteiger partial charge in [0.05, 0.1) is 12.3 Å². The fraction of sp³-hybridized carbons (Fsp3) is 0.833. The van der Waals surface area contributed by atoms with Gasteiger partial charge < -0.3 is 10.1 Å². The Labute approximate surface area is 103 Å². The molecular formula is C12H22N4O. The average Bonchev–Trinajstić information content (AvgIpc) is 2.86. The van der Waals surface area contributed by atoms with E-state index in [-0.39, 0.29) is 5.54 Å². The average molecular weight is 238 g/mol. The first kappa shape index (κ1) is 12.5. The Hall–Kier alpha value is -0.940. The third-order valence-corrected chi connectivity index (χ3v) is 2.86. The highest BCUT2D eigenvalue weighted by atomic mass is 16.5. The van der Waals surface area contributed by atoms with Gasteiger partial charge in [-0.3, -0.25) is 4.68 Å². The third kappa shape index (κ3) is 4.09. The molecule has 0 unspecified atom stereocenters. The topological polar surface area (TPSA) is 52.0 Å². The molecule has 0 amide bonds. The van der Waals surface area contributed by atoms with E-state index in [2.05, 4.69) is 36.4 Å². The summed E-state index contributed by atoms with van der Waals surface area (Å²) in [5, 5.41) is 11.7. The monoisotopic (exact) mass is 238 g/mol. The number of ether oxygens (including phenoxy) is 1. The lowest BCUT2D eigenvalue weighted by molar-refractivity contribution is 0.181. The largest absolute Gasteiger partial charge is 0.381 e. The molecule has 0 aliphatic carbocycles. The minimum atomic E-state index is 0.114. The summed E-state index contributed by atoms with van der Waals surface area (Å²) in [6, 6.07) is 0. The first-order valence-electron chi connectivity index (χ1n) is 6.25. The normalized spacial score (nSPS) is 21.0. The first-order valence-corrected chi connectivity index (χ1v) is 6.25. The van der Waals surface area contributed by atoms with Crippen LogP contribution in [-0.2, 0) is 17.8 Å². The smallest absolute Gasteiger partial charge is 0.0965 e. The van der Waals surface area contributed by atoms with Crippen LogP contribution in [0.1, 0.15) is 32.9 Å². The molecule has 1 aliphatic heterocycles. The van der Waals surface area contributed by atoms with Crippen LogP contribution >= 0.6 is 0 Å². The van der Waals surface area contributed by atoms with Crippen LogP contribution in [0.3, 0.4) is 0 Å². The van der Waals surface area contributed by atoms with E-state index < -0.39 is 0 Å². The second-order valence-electron chi connectivity index (χ2n) is 5.77. The quantitative estimate of drug-likeness (QED) is 0.856. The zero-order valence-electron chi connectivity index (χ0n) is 10.9. The van der Waals surface area contributed by atoms with E-state index in [4.69, 9.17) is 4.74 Å². The van der Waals surface area contributed by atoms with Crippen molar-refractivity contribution in [3.63, 3.8) is 0 Å². The molecule has 0 spiro atoms. The molecule has 2 rings (SSSR count). The molecular weight excluding hydrogens is 216 g/mol. The van der Waals surface area contributed by atoms with E-state index in [1.807, 2.05) is 10.9 Å². The summed E-state index contributed by atoms with van der Waals surface area (Å²) in [7, 11) is 0. The SMILES string of the molecule is CC(C)(C)NCc1cn(C[C@@H]2CCOC2)nn1. The van der Waals surface area contributed by atoms with E-state index in [9.17, 15) is 0 Å². The van der Waals surface area contributed by atoms with E-state index in [0.717, 1.165) is 38.4 Å². The molecule has 1 fully saturated rings. The van der Waals surface area contributed by atoms with Gasteiger partial charge in [0.15, 0.2) is 0 Å². The minimum absolute atomic E-state index is 0.114. The predicted molar refractivity (Wildman–Crippen MR) is 65.5 cm³/mol. The molecule has 1 aromatic heterocycles. The van der Waals surface area contributed by atoms with Gasteiger partial charge in [0.2, 0.25) is 0 Å². The maximum Gasteiger partial charge on any atom is 0.0965 e. The molecule has 5 nitrogen and oxygen atoms in total. The summed E-state index contributed by atoms with van der Waals surface area (Å²) in [5.41, 5.74) is 1.11. The fourth-order valence-electron chi connectivity index (χ4n) is 1.86. The number of aromatic nitrogens is 3. The van der Waals surface area contributed by atoms with Gasteiger partial charge in [-0.15, -0.1) is 5.10 Å². The number of rotatable bonds is 4. The summed E-state index contributed by atoms with van der Waals surface area (Å²) in [6.45, 7) is 9.87. The highest BCUT2D eigenvalue weighted by molar-refractivity contribution is 4.93. The van der Waals surface area contributed by atoms with E-state index in [1.165, 1.54) is 0 Å². The summed E-state index contributed by atoms with van der Waals surface area (Å²) in [4.78, 5) is 0. The van der Waals surface area contributed by atoms with Gasteiger partial charge in [-0.05, 0) is 27.2 Å². The summed E-state index contributed by atoms with van der Waals surface area (Å²) in [6.07, 6.45) is 3.16. The van der Waals surface area contributed by atoms with Crippen LogP contribution in [0.25, 0.3) is 0 Å². The van der Waals surface area contributed by atoms with Crippen LogP contribution in [0.5, 0.6) is 0 Å². The molecule has 1 N–H and O–H groups in total. The number of hydrogen-bond acceptors (Lipinski definition) is 4. The fourth-order valence-corrected chi connectivity index (χ4v) is 1.86. The van der Waals surface area contributed by atoms with Gasteiger partial charge in [0.1, 0.15) is 0 Å². The van der Waals surface area contributed by atoms with E-state index in [0.29, 0.717) is 5.92 Å². The molecule has 0 aromatic carbocycles. The van der Waals surface area contributed by atoms with Crippen molar-refractivity contribution in [3.8, 4) is 0 Å². The van der Waals surface area contributed by atoms with E-state index >= 15 is 0 Å². The standard InChI is InChI=1S/C12H22N4O/c1-12(2,3)13-6-11-8-16(15-14-11)7-10-4-5-17-9-10/h8,10,13H,4-7,9H2,1-3H3/t10-/m0/s1. The number of hydrogen-bond donors (Lipinski definition) is 1. The maximum atomic E-state index is 5.35. The van der Waals surface area contributed by atoms with Gasteiger partial charge in [-0.2, -0.15) is 0 Å². The lowest BCUT2D eigenvalue weighted by Crippen LogP contribution is -2.35. The highest BCUT2D eigenvalue weighted by Gasteiger charge is 2.17. The molecule has 1 atom stereocenters. The molecule has 2 heterocycles. The van der Waals surface area contributed by atoms with Crippen LogP contribution in [0.15, 0.2) is 6.20 Å². The Bertz CT molecular complexity index is 350. The summed E-state index contributed by atoms with van der Waals surface area (Å²) < 4.78 is 7.28. The molecule has 1 saturated heterocycles. The van der Waals surface area contributed by atoms with Crippen molar-refractivity contribution < 1.29 is 4.74 Å². The van der Waals surface area contributed by atoms with Crippen LogP contribution < -0.4 is 5.32 Å². The van der Waals surface area contributed by atoms with Gasteiger partial charge in [0, 0.05) is 37.4 Å². The first-order chi connectivity index (χ1) is 8.03. The van der Waals surface area contributed by atoms with Gasteiger partial charge in [-0.1, -0.05) is 5.21 Å². The third-order valence-electron chi connectivity index (χ3n) is 2.86. The predicted octanol–water partition coefficient (Wildman–Crippen LogP) is 1.20. The molecule has 0 bridgehead atoms. The van der Waals surface area contributed by atoms with Crippen molar-refractivity contribution in [3.05, 3.63) is 11.9 Å². The van der Waals surface area contributed by atoms with Crippen molar-refractivity contribution in [2.24, 2.45) is 5.92 Å². The van der Waals surface area contributed by atoms with E-state index in [1.54, 1.807) is 0 Å². The second kappa shape index (κ2) is 5.14.